The molecule has 6 rings (SSSR count). The summed E-state index contributed by atoms with van der Waals surface area (Å²) in [5.74, 6) is 1.76. The van der Waals surface area contributed by atoms with Gasteiger partial charge in [0, 0.05) is 11.1 Å². The molecule has 0 unspecified atom stereocenters. The molecule has 4 aliphatic rings. The number of benzene rings is 2. The molecule has 0 radical (unpaired) electrons. The Morgan fingerprint density at radius 2 is 0.909 bits per heavy atom. The molecule has 0 heterocycles. The van der Waals surface area contributed by atoms with E-state index in [4.69, 9.17) is 9.47 Å². The van der Waals surface area contributed by atoms with Gasteiger partial charge in [0.25, 0.3) is 0 Å². The summed E-state index contributed by atoms with van der Waals surface area (Å²) in [6.07, 6.45) is 8.43. The summed E-state index contributed by atoms with van der Waals surface area (Å²) < 4.78 is 11.1. The predicted octanol–water partition coefficient (Wildman–Crippen LogP) is 4.97. The van der Waals surface area contributed by atoms with Crippen molar-refractivity contribution in [3.8, 4) is 11.5 Å². The average molecular weight is 292 g/mol. The van der Waals surface area contributed by atoms with Gasteiger partial charge in [-0.1, -0.05) is 24.3 Å². The fraction of sp³-hybridized carbons (Fsp3) is 0.200. The Morgan fingerprint density at radius 1 is 0.545 bits per heavy atom. The van der Waals surface area contributed by atoms with E-state index in [0.29, 0.717) is 0 Å². The predicted molar refractivity (Wildman–Crippen MR) is 93.3 cm³/mol. The van der Waals surface area contributed by atoms with Crippen LogP contribution in [0.25, 0.3) is 24.3 Å². The molecule has 2 nitrogen and oxygen atoms in total. The Balaban J connectivity index is 2.29. The molecule has 2 aromatic rings. The molecule has 0 atom stereocenters. The minimum atomic E-state index is 0.882. The lowest BCUT2D eigenvalue weighted by molar-refractivity contribution is 0.413. The SMILES string of the molecule is COc1cc2c(C)cc1/C=C\c1cc(C)c(cc1OC)C=C2. The van der Waals surface area contributed by atoms with Crippen LogP contribution in [0.1, 0.15) is 33.4 Å². The lowest BCUT2D eigenvalue weighted by Crippen LogP contribution is -1.94. The van der Waals surface area contributed by atoms with Crippen molar-refractivity contribution >= 4 is 24.3 Å². The molecule has 0 aliphatic heterocycles. The molecule has 4 aliphatic carbocycles. The second-order valence-corrected chi connectivity index (χ2v) is 5.57. The second kappa shape index (κ2) is 5.72. The van der Waals surface area contributed by atoms with Gasteiger partial charge in [-0.05, 0) is 60.4 Å². The number of ether oxygens (including phenoxy) is 2. The smallest absolute Gasteiger partial charge is 0.126 e. The first-order valence-corrected chi connectivity index (χ1v) is 7.36. The highest BCUT2D eigenvalue weighted by Gasteiger charge is 2.09. The minimum absolute atomic E-state index is 0.882. The van der Waals surface area contributed by atoms with Crippen LogP contribution in [-0.4, -0.2) is 14.2 Å². The molecular weight excluding hydrogens is 272 g/mol. The van der Waals surface area contributed by atoms with Crippen LogP contribution in [0, 0.1) is 13.8 Å². The fourth-order valence-corrected chi connectivity index (χ4v) is 2.78. The molecule has 0 N–H and O–H groups in total. The van der Waals surface area contributed by atoms with Crippen molar-refractivity contribution in [2.75, 3.05) is 14.2 Å². The van der Waals surface area contributed by atoms with E-state index in [2.05, 4.69) is 62.4 Å². The number of hydrogen-bond donors (Lipinski definition) is 0. The summed E-state index contributed by atoms with van der Waals surface area (Å²) >= 11 is 0. The van der Waals surface area contributed by atoms with Crippen molar-refractivity contribution in [1.29, 1.82) is 0 Å². The number of rotatable bonds is 2. The highest BCUT2D eigenvalue weighted by molar-refractivity contribution is 5.82. The highest BCUT2D eigenvalue weighted by atomic mass is 16.5. The molecule has 22 heavy (non-hydrogen) atoms. The summed E-state index contributed by atoms with van der Waals surface area (Å²) in [4.78, 5) is 0. The van der Waals surface area contributed by atoms with Gasteiger partial charge in [0.05, 0.1) is 14.2 Å². The largest absolute Gasteiger partial charge is 0.496 e. The second-order valence-electron chi connectivity index (χ2n) is 5.57. The zero-order chi connectivity index (χ0) is 15.7. The highest BCUT2D eigenvalue weighted by Crippen LogP contribution is 2.31. The van der Waals surface area contributed by atoms with E-state index in [-0.39, 0.29) is 0 Å². The molecule has 2 heteroatoms. The molecule has 0 spiro atoms. The first-order chi connectivity index (χ1) is 10.6. The third-order valence-corrected chi connectivity index (χ3v) is 4.12. The van der Waals surface area contributed by atoms with Crippen LogP contribution < -0.4 is 9.47 Å². The molecule has 0 amide bonds. The van der Waals surface area contributed by atoms with Gasteiger partial charge in [-0.2, -0.15) is 0 Å². The van der Waals surface area contributed by atoms with Gasteiger partial charge in [0.1, 0.15) is 11.5 Å². The molecular formula is C20H20O2. The quantitative estimate of drug-likeness (QED) is 0.663. The van der Waals surface area contributed by atoms with E-state index < -0.39 is 0 Å². The Bertz CT molecular complexity index is 717. The molecule has 0 saturated heterocycles. The lowest BCUT2D eigenvalue weighted by atomic mass is 9.97. The maximum atomic E-state index is 5.53. The van der Waals surface area contributed by atoms with Gasteiger partial charge in [-0.3, -0.25) is 0 Å². The Kier molecular flexibility index (Phi) is 3.76. The Labute approximate surface area is 131 Å². The maximum Gasteiger partial charge on any atom is 0.126 e. The van der Waals surface area contributed by atoms with Crippen molar-refractivity contribution < 1.29 is 9.47 Å². The summed E-state index contributed by atoms with van der Waals surface area (Å²) in [6.45, 7) is 4.24. The molecule has 112 valence electrons. The summed E-state index contributed by atoms with van der Waals surface area (Å²) in [5.41, 5.74) is 6.93. The summed E-state index contributed by atoms with van der Waals surface area (Å²) in [5, 5.41) is 0. The van der Waals surface area contributed by atoms with E-state index in [1.165, 1.54) is 11.1 Å². The van der Waals surface area contributed by atoms with E-state index in [0.717, 1.165) is 33.8 Å². The first-order valence-electron chi connectivity index (χ1n) is 7.36. The average Bonchev–Trinajstić information content (AvgIpc) is 2.51. The van der Waals surface area contributed by atoms with Gasteiger partial charge in [0.2, 0.25) is 0 Å². The van der Waals surface area contributed by atoms with E-state index in [1.54, 1.807) is 14.2 Å². The van der Waals surface area contributed by atoms with Gasteiger partial charge in [-0.25, -0.2) is 0 Å². The zero-order valence-electron chi connectivity index (χ0n) is 13.4. The molecule has 0 fully saturated rings. The fourth-order valence-electron chi connectivity index (χ4n) is 2.78. The van der Waals surface area contributed by atoms with Crippen LogP contribution in [0.2, 0.25) is 0 Å². The zero-order valence-corrected chi connectivity index (χ0v) is 13.4. The summed E-state index contributed by atoms with van der Waals surface area (Å²) in [7, 11) is 3.42. The lowest BCUT2D eigenvalue weighted by Gasteiger charge is -2.13. The van der Waals surface area contributed by atoms with Crippen molar-refractivity contribution in [3.05, 3.63) is 57.6 Å². The molecule has 0 saturated carbocycles. The monoisotopic (exact) mass is 292 g/mol. The number of aryl methyl sites for hydroxylation is 2. The number of hydrogen-bond acceptors (Lipinski definition) is 2. The Hall–Kier alpha value is -2.48. The van der Waals surface area contributed by atoms with Crippen LogP contribution in [0.5, 0.6) is 11.5 Å². The van der Waals surface area contributed by atoms with Crippen LogP contribution in [0.3, 0.4) is 0 Å². The van der Waals surface area contributed by atoms with Gasteiger partial charge < -0.3 is 9.47 Å². The topological polar surface area (TPSA) is 18.5 Å². The van der Waals surface area contributed by atoms with Crippen molar-refractivity contribution in [2.45, 2.75) is 13.8 Å². The van der Waals surface area contributed by atoms with E-state index in [9.17, 15) is 0 Å². The summed E-state index contributed by atoms with van der Waals surface area (Å²) in [6, 6.07) is 8.49. The van der Waals surface area contributed by atoms with Crippen LogP contribution in [0.4, 0.5) is 0 Å². The van der Waals surface area contributed by atoms with Crippen LogP contribution >= 0.6 is 0 Å². The first kappa shape index (κ1) is 14.5. The molecule has 2 aromatic carbocycles. The van der Waals surface area contributed by atoms with Gasteiger partial charge in [0.15, 0.2) is 0 Å². The standard InChI is InChI=1S/C20H20O2/c1-13-9-17-7-8-18-10-14(2)16(12-20(18)22-4)6-5-15(13)11-19(17)21-3/h5-12H,1-4H3/b6-5?,8-7-,15-5?,16-6?,17-7?,18-8?. The third-order valence-electron chi connectivity index (χ3n) is 4.12. The van der Waals surface area contributed by atoms with E-state index in [1.807, 2.05) is 0 Å². The third kappa shape index (κ3) is 2.52. The number of methoxy groups -OCH3 is 2. The van der Waals surface area contributed by atoms with Crippen molar-refractivity contribution in [1.82, 2.24) is 0 Å². The maximum absolute atomic E-state index is 5.53. The molecule has 0 aromatic heterocycles. The van der Waals surface area contributed by atoms with Crippen molar-refractivity contribution in [3.63, 3.8) is 0 Å². The van der Waals surface area contributed by atoms with Gasteiger partial charge in [-0.15, -0.1) is 0 Å². The van der Waals surface area contributed by atoms with Crippen molar-refractivity contribution in [2.24, 2.45) is 0 Å². The van der Waals surface area contributed by atoms with E-state index >= 15 is 0 Å². The van der Waals surface area contributed by atoms with Crippen LogP contribution in [0.15, 0.2) is 24.3 Å². The van der Waals surface area contributed by atoms with Gasteiger partial charge >= 0.3 is 0 Å². The Morgan fingerprint density at radius 3 is 1.27 bits per heavy atom. The molecule has 4 bridgehead atoms. The minimum Gasteiger partial charge on any atom is -0.496 e. The normalized spacial score (nSPS) is 13.6. The van der Waals surface area contributed by atoms with Crippen LogP contribution in [-0.2, 0) is 0 Å².